The van der Waals surface area contributed by atoms with E-state index in [0.717, 1.165) is 16.0 Å². The van der Waals surface area contributed by atoms with Crippen LogP contribution in [0.25, 0.3) is 11.1 Å². The molecule has 4 nitrogen and oxygen atoms in total. The standard InChI is InChI=1S/C18H19FN2O2S/c1-3-15-17(22)20-8-9-21(15)18(23)16-10-14(11(2)24-16)12-4-6-13(19)7-5-12/h4-7,10,15H,3,8-9H2,1-2H3,(H,20,22). The fourth-order valence-corrected chi connectivity index (χ4v) is 4.01. The fraction of sp³-hybridized carbons (Fsp3) is 0.333. The quantitative estimate of drug-likeness (QED) is 0.928. The highest BCUT2D eigenvalue weighted by Crippen LogP contribution is 2.32. The SMILES string of the molecule is CCC1C(=O)NCCN1C(=O)c1cc(-c2ccc(F)cc2)c(C)s1. The van der Waals surface area contributed by atoms with E-state index in [0.29, 0.717) is 24.4 Å². The van der Waals surface area contributed by atoms with Gasteiger partial charge in [-0.3, -0.25) is 9.59 Å². The van der Waals surface area contributed by atoms with Crippen molar-refractivity contribution in [3.8, 4) is 11.1 Å². The van der Waals surface area contributed by atoms with Crippen LogP contribution in [0.15, 0.2) is 30.3 Å². The summed E-state index contributed by atoms with van der Waals surface area (Å²) in [4.78, 5) is 28.1. The number of benzene rings is 1. The highest BCUT2D eigenvalue weighted by molar-refractivity contribution is 7.14. The van der Waals surface area contributed by atoms with Crippen LogP contribution in [0.4, 0.5) is 4.39 Å². The summed E-state index contributed by atoms with van der Waals surface area (Å²) in [5, 5.41) is 2.80. The van der Waals surface area contributed by atoms with Gasteiger partial charge in [-0.2, -0.15) is 0 Å². The van der Waals surface area contributed by atoms with Gasteiger partial charge in [0, 0.05) is 18.0 Å². The Labute approximate surface area is 144 Å². The van der Waals surface area contributed by atoms with Crippen molar-refractivity contribution in [1.82, 2.24) is 10.2 Å². The Kier molecular flexibility index (Phi) is 4.66. The molecule has 0 spiro atoms. The minimum atomic E-state index is -0.414. The maximum Gasteiger partial charge on any atom is 0.264 e. The summed E-state index contributed by atoms with van der Waals surface area (Å²) in [7, 11) is 0. The van der Waals surface area contributed by atoms with Gasteiger partial charge in [-0.1, -0.05) is 19.1 Å². The summed E-state index contributed by atoms with van der Waals surface area (Å²) in [6, 6.07) is 7.67. The van der Waals surface area contributed by atoms with Crippen LogP contribution >= 0.6 is 11.3 Å². The Hall–Kier alpha value is -2.21. The largest absolute Gasteiger partial charge is 0.353 e. The van der Waals surface area contributed by atoms with Crippen LogP contribution < -0.4 is 5.32 Å². The van der Waals surface area contributed by atoms with E-state index >= 15 is 0 Å². The molecule has 0 aliphatic carbocycles. The minimum Gasteiger partial charge on any atom is -0.353 e. The van der Waals surface area contributed by atoms with Crippen molar-refractivity contribution in [2.75, 3.05) is 13.1 Å². The van der Waals surface area contributed by atoms with Gasteiger partial charge < -0.3 is 10.2 Å². The third kappa shape index (κ3) is 3.06. The van der Waals surface area contributed by atoms with E-state index in [1.165, 1.54) is 23.5 Å². The molecule has 1 aromatic heterocycles. The number of nitrogens with one attached hydrogen (secondary N) is 1. The number of thiophene rings is 1. The van der Waals surface area contributed by atoms with Crippen LogP contribution in [0, 0.1) is 12.7 Å². The van der Waals surface area contributed by atoms with Crippen molar-refractivity contribution in [2.45, 2.75) is 26.3 Å². The molecule has 0 radical (unpaired) electrons. The van der Waals surface area contributed by atoms with Crippen molar-refractivity contribution in [3.63, 3.8) is 0 Å². The Morgan fingerprint density at radius 3 is 2.75 bits per heavy atom. The lowest BCUT2D eigenvalue weighted by molar-refractivity contribution is -0.127. The number of piperazine rings is 1. The number of carbonyl (C=O) groups excluding carboxylic acids is 2. The molecule has 1 atom stereocenters. The van der Waals surface area contributed by atoms with Gasteiger partial charge in [0.25, 0.3) is 5.91 Å². The lowest BCUT2D eigenvalue weighted by Crippen LogP contribution is -2.56. The number of amides is 2. The summed E-state index contributed by atoms with van der Waals surface area (Å²) in [6.07, 6.45) is 0.590. The van der Waals surface area contributed by atoms with Crippen molar-refractivity contribution in [2.24, 2.45) is 0 Å². The second-order valence-corrected chi connectivity index (χ2v) is 7.06. The van der Waals surface area contributed by atoms with Crippen LogP contribution in [-0.4, -0.2) is 35.8 Å². The maximum atomic E-state index is 13.1. The number of halogens is 1. The molecule has 1 aromatic carbocycles. The minimum absolute atomic E-state index is 0.0934. The Bertz CT molecular complexity index is 770. The summed E-state index contributed by atoms with van der Waals surface area (Å²) < 4.78 is 13.1. The van der Waals surface area contributed by atoms with E-state index in [1.807, 2.05) is 19.9 Å². The highest BCUT2D eigenvalue weighted by atomic mass is 32.1. The van der Waals surface area contributed by atoms with Gasteiger partial charge in [0.1, 0.15) is 11.9 Å². The van der Waals surface area contributed by atoms with Crippen LogP contribution in [-0.2, 0) is 4.79 Å². The van der Waals surface area contributed by atoms with Gasteiger partial charge in [-0.15, -0.1) is 11.3 Å². The number of aryl methyl sites for hydroxylation is 1. The average Bonchev–Trinajstić information content (AvgIpc) is 2.96. The van der Waals surface area contributed by atoms with Gasteiger partial charge in [-0.25, -0.2) is 4.39 Å². The van der Waals surface area contributed by atoms with Gasteiger partial charge in [0.15, 0.2) is 0 Å². The first kappa shape index (κ1) is 16.6. The first-order valence-electron chi connectivity index (χ1n) is 7.96. The highest BCUT2D eigenvalue weighted by Gasteiger charge is 2.33. The molecule has 0 saturated carbocycles. The van der Waals surface area contributed by atoms with E-state index in [1.54, 1.807) is 17.0 Å². The summed E-state index contributed by atoms with van der Waals surface area (Å²) >= 11 is 1.41. The monoisotopic (exact) mass is 346 g/mol. The zero-order valence-electron chi connectivity index (χ0n) is 13.6. The maximum absolute atomic E-state index is 13.1. The van der Waals surface area contributed by atoms with E-state index in [-0.39, 0.29) is 17.6 Å². The van der Waals surface area contributed by atoms with Gasteiger partial charge in [0.05, 0.1) is 4.88 Å². The van der Waals surface area contributed by atoms with Gasteiger partial charge in [0.2, 0.25) is 5.91 Å². The Morgan fingerprint density at radius 1 is 1.38 bits per heavy atom. The lowest BCUT2D eigenvalue weighted by Gasteiger charge is -2.34. The molecule has 24 heavy (non-hydrogen) atoms. The number of nitrogens with zero attached hydrogens (tertiary/aromatic N) is 1. The fourth-order valence-electron chi connectivity index (χ4n) is 3.01. The molecule has 1 fully saturated rings. The van der Waals surface area contributed by atoms with E-state index in [9.17, 15) is 14.0 Å². The molecule has 1 aliphatic heterocycles. The second kappa shape index (κ2) is 6.73. The molecule has 0 bridgehead atoms. The van der Waals surface area contributed by atoms with E-state index < -0.39 is 6.04 Å². The zero-order chi connectivity index (χ0) is 17.3. The molecule has 2 aromatic rings. The van der Waals surface area contributed by atoms with Crippen LogP contribution in [0.5, 0.6) is 0 Å². The molecule has 6 heteroatoms. The molecule has 1 N–H and O–H groups in total. The molecule has 126 valence electrons. The van der Waals surface area contributed by atoms with Crippen molar-refractivity contribution >= 4 is 23.2 Å². The molecular formula is C18H19FN2O2S. The van der Waals surface area contributed by atoms with Crippen molar-refractivity contribution in [1.29, 1.82) is 0 Å². The third-order valence-electron chi connectivity index (χ3n) is 4.26. The smallest absolute Gasteiger partial charge is 0.264 e. The molecule has 3 rings (SSSR count). The Balaban J connectivity index is 1.90. The molecule has 2 heterocycles. The molecule has 1 aliphatic rings. The number of hydrogen-bond acceptors (Lipinski definition) is 3. The van der Waals surface area contributed by atoms with E-state index in [2.05, 4.69) is 5.32 Å². The van der Waals surface area contributed by atoms with Crippen LogP contribution in [0.3, 0.4) is 0 Å². The van der Waals surface area contributed by atoms with Crippen LogP contribution in [0.2, 0.25) is 0 Å². The summed E-state index contributed by atoms with van der Waals surface area (Å²) in [5.41, 5.74) is 1.81. The zero-order valence-corrected chi connectivity index (χ0v) is 14.5. The predicted octanol–water partition coefficient (Wildman–Crippen LogP) is 3.21. The van der Waals surface area contributed by atoms with Gasteiger partial charge >= 0.3 is 0 Å². The normalized spacial score (nSPS) is 17.7. The third-order valence-corrected chi connectivity index (χ3v) is 5.30. The Morgan fingerprint density at radius 2 is 2.08 bits per heavy atom. The molecule has 2 amide bonds. The predicted molar refractivity (Wildman–Crippen MR) is 92.6 cm³/mol. The molecule has 1 saturated heterocycles. The topological polar surface area (TPSA) is 49.4 Å². The molecular weight excluding hydrogens is 327 g/mol. The number of rotatable bonds is 3. The number of hydrogen-bond donors (Lipinski definition) is 1. The molecule has 1 unspecified atom stereocenters. The lowest BCUT2D eigenvalue weighted by atomic mass is 10.1. The first-order valence-corrected chi connectivity index (χ1v) is 8.78. The second-order valence-electron chi connectivity index (χ2n) is 5.80. The van der Waals surface area contributed by atoms with Crippen molar-refractivity contribution < 1.29 is 14.0 Å². The number of carbonyl (C=O) groups is 2. The van der Waals surface area contributed by atoms with Gasteiger partial charge in [-0.05, 0) is 42.7 Å². The average molecular weight is 346 g/mol. The first-order chi connectivity index (χ1) is 11.5. The summed E-state index contributed by atoms with van der Waals surface area (Å²) in [5.74, 6) is -0.490. The summed E-state index contributed by atoms with van der Waals surface area (Å²) in [6.45, 7) is 4.85. The van der Waals surface area contributed by atoms with Crippen LogP contribution in [0.1, 0.15) is 27.9 Å². The van der Waals surface area contributed by atoms with Crippen molar-refractivity contribution in [3.05, 3.63) is 45.9 Å². The van der Waals surface area contributed by atoms with E-state index in [4.69, 9.17) is 0 Å².